The Morgan fingerprint density at radius 2 is 0.818 bits per heavy atom. The third kappa shape index (κ3) is 4.82. The van der Waals surface area contributed by atoms with Crippen LogP contribution >= 0.6 is 0 Å². The Morgan fingerprint density at radius 1 is 0.409 bits per heavy atom. The van der Waals surface area contributed by atoms with Crippen LogP contribution in [0.15, 0.2) is 146 Å². The standard InChI is InChI=1S/C38H28N6/c1-3-13-35-31(9-1)41-37(33-11-5-7-23-39-33)43(35)25-27-15-19-29(20-16-27)30-21-17-28(18-22-30)26-44-36-14-4-2-10-32(36)42-38(44)34-12-6-8-24-40-34/h1-24H,25-26H2. The minimum Gasteiger partial charge on any atom is -0.318 e. The zero-order valence-electron chi connectivity index (χ0n) is 24.0. The molecule has 0 atom stereocenters. The van der Waals surface area contributed by atoms with Gasteiger partial charge in [0.1, 0.15) is 11.4 Å². The third-order valence-corrected chi connectivity index (χ3v) is 8.02. The van der Waals surface area contributed by atoms with E-state index in [1.165, 1.54) is 22.3 Å². The first-order chi connectivity index (χ1) is 21.8. The molecule has 0 saturated carbocycles. The molecule has 0 radical (unpaired) electrons. The molecule has 210 valence electrons. The summed E-state index contributed by atoms with van der Waals surface area (Å²) < 4.78 is 4.50. The summed E-state index contributed by atoms with van der Waals surface area (Å²) in [6.07, 6.45) is 3.63. The lowest BCUT2D eigenvalue weighted by molar-refractivity contribution is 0.830. The smallest absolute Gasteiger partial charge is 0.160 e. The van der Waals surface area contributed by atoms with E-state index >= 15 is 0 Å². The van der Waals surface area contributed by atoms with Crippen molar-refractivity contribution in [1.82, 2.24) is 29.1 Å². The first-order valence-corrected chi connectivity index (χ1v) is 14.7. The van der Waals surface area contributed by atoms with Gasteiger partial charge in [0.2, 0.25) is 0 Å². The molecule has 0 amide bonds. The molecule has 4 heterocycles. The molecule has 0 aliphatic rings. The van der Waals surface area contributed by atoms with Crippen LogP contribution in [0.1, 0.15) is 11.1 Å². The average Bonchev–Trinajstić information content (AvgIpc) is 3.65. The molecule has 0 spiro atoms. The highest BCUT2D eigenvalue weighted by Crippen LogP contribution is 2.28. The minimum atomic E-state index is 0.711. The number of imidazole rings is 2. The Bertz CT molecular complexity index is 2040. The van der Waals surface area contributed by atoms with Crippen molar-refractivity contribution in [3.8, 4) is 34.2 Å². The van der Waals surface area contributed by atoms with Crippen molar-refractivity contribution >= 4 is 22.1 Å². The van der Waals surface area contributed by atoms with Crippen LogP contribution in [0.4, 0.5) is 0 Å². The molecule has 0 fully saturated rings. The van der Waals surface area contributed by atoms with Crippen LogP contribution in [0.3, 0.4) is 0 Å². The molecular formula is C38H28N6. The summed E-state index contributed by atoms with van der Waals surface area (Å²) in [5.41, 5.74) is 10.7. The van der Waals surface area contributed by atoms with Gasteiger partial charge in [-0.25, -0.2) is 9.97 Å². The molecule has 4 aromatic heterocycles. The van der Waals surface area contributed by atoms with Crippen molar-refractivity contribution in [3.63, 3.8) is 0 Å². The van der Waals surface area contributed by atoms with Gasteiger partial charge in [-0.3, -0.25) is 9.97 Å². The van der Waals surface area contributed by atoms with Gasteiger partial charge in [0, 0.05) is 25.5 Å². The number of aromatic nitrogens is 6. The molecule has 0 unspecified atom stereocenters. The van der Waals surface area contributed by atoms with Crippen molar-refractivity contribution in [3.05, 3.63) is 157 Å². The molecular weight excluding hydrogens is 540 g/mol. The summed E-state index contributed by atoms with van der Waals surface area (Å²) in [6, 6.07) is 46.0. The molecule has 0 N–H and O–H groups in total. The van der Waals surface area contributed by atoms with Gasteiger partial charge in [0.15, 0.2) is 11.6 Å². The average molecular weight is 569 g/mol. The Kier molecular flexibility index (Phi) is 6.50. The van der Waals surface area contributed by atoms with E-state index in [-0.39, 0.29) is 0 Å². The molecule has 44 heavy (non-hydrogen) atoms. The van der Waals surface area contributed by atoms with Crippen LogP contribution in [-0.4, -0.2) is 29.1 Å². The number of fused-ring (bicyclic) bond motifs is 2. The summed E-state index contributed by atoms with van der Waals surface area (Å²) in [7, 11) is 0. The number of hydrogen-bond donors (Lipinski definition) is 0. The number of hydrogen-bond acceptors (Lipinski definition) is 4. The molecule has 0 saturated heterocycles. The topological polar surface area (TPSA) is 61.4 Å². The van der Waals surface area contributed by atoms with Crippen LogP contribution in [0.5, 0.6) is 0 Å². The Balaban J connectivity index is 1.05. The van der Waals surface area contributed by atoms with E-state index in [1.54, 1.807) is 0 Å². The monoisotopic (exact) mass is 568 g/mol. The summed E-state index contributed by atoms with van der Waals surface area (Å²) >= 11 is 0. The molecule has 0 bridgehead atoms. The van der Waals surface area contributed by atoms with Crippen LogP contribution in [-0.2, 0) is 13.1 Å². The van der Waals surface area contributed by atoms with Crippen molar-refractivity contribution < 1.29 is 0 Å². The van der Waals surface area contributed by atoms with Crippen molar-refractivity contribution in [2.45, 2.75) is 13.1 Å². The van der Waals surface area contributed by atoms with Gasteiger partial charge in [0.25, 0.3) is 0 Å². The fourth-order valence-electron chi connectivity index (χ4n) is 5.82. The first-order valence-electron chi connectivity index (χ1n) is 14.7. The predicted octanol–water partition coefficient (Wildman–Crippen LogP) is 8.27. The van der Waals surface area contributed by atoms with Gasteiger partial charge in [-0.15, -0.1) is 0 Å². The van der Waals surface area contributed by atoms with Crippen molar-refractivity contribution in [2.75, 3.05) is 0 Å². The van der Waals surface area contributed by atoms with E-state index in [2.05, 4.69) is 104 Å². The summed E-state index contributed by atoms with van der Waals surface area (Å²) in [5, 5.41) is 0. The first kappa shape index (κ1) is 25.8. The second-order valence-electron chi connectivity index (χ2n) is 10.8. The molecule has 8 aromatic rings. The Morgan fingerprint density at radius 3 is 1.23 bits per heavy atom. The van der Waals surface area contributed by atoms with Crippen LogP contribution in [0, 0.1) is 0 Å². The molecule has 0 aliphatic carbocycles. The maximum Gasteiger partial charge on any atom is 0.160 e. The number of pyridine rings is 2. The van der Waals surface area contributed by atoms with Gasteiger partial charge < -0.3 is 9.13 Å². The van der Waals surface area contributed by atoms with E-state index in [1.807, 2.05) is 60.9 Å². The maximum atomic E-state index is 4.91. The van der Waals surface area contributed by atoms with E-state index < -0.39 is 0 Å². The van der Waals surface area contributed by atoms with Gasteiger partial charge in [-0.1, -0.05) is 84.9 Å². The third-order valence-electron chi connectivity index (χ3n) is 8.02. The fraction of sp³-hybridized carbons (Fsp3) is 0.0526. The van der Waals surface area contributed by atoms with Crippen molar-refractivity contribution in [2.24, 2.45) is 0 Å². The predicted molar refractivity (Wildman–Crippen MR) is 176 cm³/mol. The largest absolute Gasteiger partial charge is 0.318 e. The van der Waals surface area contributed by atoms with E-state index in [0.29, 0.717) is 13.1 Å². The normalized spacial score (nSPS) is 11.4. The highest BCUT2D eigenvalue weighted by Gasteiger charge is 2.15. The summed E-state index contributed by atoms with van der Waals surface area (Å²) in [4.78, 5) is 19.0. The maximum absolute atomic E-state index is 4.91. The van der Waals surface area contributed by atoms with Crippen LogP contribution in [0.25, 0.3) is 56.2 Å². The highest BCUT2D eigenvalue weighted by atomic mass is 15.1. The molecule has 4 aromatic carbocycles. The van der Waals surface area contributed by atoms with Gasteiger partial charge in [0.05, 0.1) is 22.1 Å². The fourth-order valence-corrected chi connectivity index (χ4v) is 5.82. The Hall–Kier alpha value is -5.88. The zero-order chi connectivity index (χ0) is 29.3. The number of para-hydroxylation sites is 4. The second kappa shape index (κ2) is 11.1. The quantitative estimate of drug-likeness (QED) is 0.194. The number of rotatable bonds is 7. The number of benzene rings is 4. The van der Waals surface area contributed by atoms with Gasteiger partial charge >= 0.3 is 0 Å². The van der Waals surface area contributed by atoms with Gasteiger partial charge in [-0.05, 0) is 70.8 Å². The van der Waals surface area contributed by atoms with E-state index in [4.69, 9.17) is 9.97 Å². The molecule has 6 heteroatoms. The van der Waals surface area contributed by atoms with Crippen molar-refractivity contribution in [1.29, 1.82) is 0 Å². The van der Waals surface area contributed by atoms with Gasteiger partial charge in [-0.2, -0.15) is 0 Å². The lowest BCUT2D eigenvalue weighted by atomic mass is 10.0. The molecule has 0 aliphatic heterocycles. The lowest BCUT2D eigenvalue weighted by Crippen LogP contribution is -2.03. The Labute approximate surface area is 255 Å². The minimum absolute atomic E-state index is 0.711. The molecule has 6 nitrogen and oxygen atoms in total. The van der Waals surface area contributed by atoms with E-state index in [9.17, 15) is 0 Å². The summed E-state index contributed by atoms with van der Waals surface area (Å²) in [5.74, 6) is 1.76. The zero-order valence-corrected chi connectivity index (χ0v) is 24.0. The highest BCUT2D eigenvalue weighted by molar-refractivity contribution is 5.81. The summed E-state index contributed by atoms with van der Waals surface area (Å²) in [6.45, 7) is 1.42. The molecule has 8 rings (SSSR count). The van der Waals surface area contributed by atoms with Crippen LogP contribution in [0.2, 0.25) is 0 Å². The second-order valence-corrected chi connectivity index (χ2v) is 10.8. The van der Waals surface area contributed by atoms with E-state index in [0.717, 1.165) is 45.1 Å². The van der Waals surface area contributed by atoms with Crippen LogP contribution < -0.4 is 0 Å². The number of nitrogens with zero attached hydrogens (tertiary/aromatic N) is 6. The SMILES string of the molecule is c1ccc(-c2nc3ccccc3n2Cc2ccc(-c3ccc(Cn4c(-c5ccccn5)nc5ccccc54)cc3)cc2)nc1. The lowest BCUT2D eigenvalue weighted by Gasteiger charge is -2.11.